The summed E-state index contributed by atoms with van der Waals surface area (Å²) in [6.45, 7) is 2.91. The third-order valence-corrected chi connectivity index (χ3v) is 4.20. The van der Waals surface area contributed by atoms with E-state index in [9.17, 15) is 13.2 Å². The number of benzene rings is 2. The van der Waals surface area contributed by atoms with Gasteiger partial charge in [-0.2, -0.15) is 5.26 Å². The molecule has 6 heteroatoms. The van der Waals surface area contributed by atoms with Crippen molar-refractivity contribution >= 4 is 5.69 Å². The third-order valence-electron chi connectivity index (χ3n) is 4.20. The van der Waals surface area contributed by atoms with Gasteiger partial charge >= 0.3 is 0 Å². The van der Waals surface area contributed by atoms with Gasteiger partial charge in [-0.25, -0.2) is 13.2 Å². The quantitative estimate of drug-likeness (QED) is 0.864. The molecule has 1 saturated heterocycles. The Labute approximate surface area is 138 Å². The highest BCUT2D eigenvalue weighted by molar-refractivity contribution is 5.48. The minimum absolute atomic E-state index is 0.299. The molecule has 0 aromatic heterocycles. The molecule has 1 fully saturated rings. The van der Waals surface area contributed by atoms with Crippen molar-refractivity contribution in [2.24, 2.45) is 0 Å². The predicted molar refractivity (Wildman–Crippen MR) is 85.0 cm³/mol. The number of nitrogens with zero attached hydrogens (tertiary/aromatic N) is 3. The Balaban J connectivity index is 1.62. The first-order valence-corrected chi connectivity index (χ1v) is 7.67. The highest BCUT2D eigenvalue weighted by Crippen LogP contribution is 2.22. The molecule has 0 N–H and O–H groups in total. The van der Waals surface area contributed by atoms with Crippen LogP contribution in [0.4, 0.5) is 18.9 Å². The summed E-state index contributed by atoms with van der Waals surface area (Å²) in [5.74, 6) is -1.55. The number of piperazine rings is 1. The summed E-state index contributed by atoms with van der Waals surface area (Å²) in [5.41, 5.74) is 1.23. The molecule has 0 saturated carbocycles. The monoisotopic (exact) mass is 331 g/mol. The fourth-order valence-corrected chi connectivity index (χ4v) is 2.87. The maximum Gasteiger partial charge on any atom is 0.149 e. The van der Waals surface area contributed by atoms with Crippen molar-refractivity contribution in [3.8, 4) is 6.07 Å². The van der Waals surface area contributed by atoms with Gasteiger partial charge < -0.3 is 4.90 Å². The van der Waals surface area contributed by atoms with Crippen molar-refractivity contribution in [3.63, 3.8) is 0 Å². The van der Waals surface area contributed by atoms with Crippen molar-refractivity contribution in [1.29, 1.82) is 5.26 Å². The van der Waals surface area contributed by atoms with Gasteiger partial charge in [0.1, 0.15) is 17.5 Å². The van der Waals surface area contributed by atoms with E-state index in [4.69, 9.17) is 5.26 Å². The zero-order valence-corrected chi connectivity index (χ0v) is 13.0. The average Bonchev–Trinajstić information content (AvgIpc) is 2.57. The van der Waals surface area contributed by atoms with E-state index in [1.54, 1.807) is 12.1 Å². The number of nitriles is 1. The van der Waals surface area contributed by atoms with Gasteiger partial charge in [0, 0.05) is 44.4 Å². The van der Waals surface area contributed by atoms with Gasteiger partial charge in [0.2, 0.25) is 0 Å². The molecule has 124 valence electrons. The Kier molecular flexibility index (Phi) is 4.72. The van der Waals surface area contributed by atoms with E-state index >= 15 is 0 Å². The topological polar surface area (TPSA) is 30.3 Å². The second-order valence-electron chi connectivity index (χ2n) is 5.78. The van der Waals surface area contributed by atoms with E-state index in [-0.39, 0.29) is 5.82 Å². The van der Waals surface area contributed by atoms with E-state index in [2.05, 4.69) is 4.90 Å². The number of halogens is 3. The van der Waals surface area contributed by atoms with Crippen LogP contribution in [0.25, 0.3) is 0 Å². The van der Waals surface area contributed by atoms with Gasteiger partial charge in [-0.05, 0) is 24.3 Å². The Bertz CT molecular complexity index is 778. The van der Waals surface area contributed by atoms with Crippen LogP contribution in [-0.2, 0) is 6.54 Å². The summed E-state index contributed by atoms with van der Waals surface area (Å²) in [4.78, 5) is 3.93. The van der Waals surface area contributed by atoms with Gasteiger partial charge in [0.25, 0.3) is 0 Å². The summed E-state index contributed by atoms with van der Waals surface area (Å²) in [7, 11) is 0. The van der Waals surface area contributed by atoms with Gasteiger partial charge in [-0.15, -0.1) is 0 Å². The number of anilines is 1. The van der Waals surface area contributed by atoms with Crippen molar-refractivity contribution in [3.05, 3.63) is 65.0 Å². The van der Waals surface area contributed by atoms with Crippen LogP contribution in [0.15, 0.2) is 36.4 Å². The van der Waals surface area contributed by atoms with E-state index in [0.29, 0.717) is 49.5 Å². The lowest BCUT2D eigenvalue weighted by molar-refractivity contribution is 0.246. The molecule has 1 heterocycles. The summed E-state index contributed by atoms with van der Waals surface area (Å²) in [6, 6.07) is 9.94. The van der Waals surface area contributed by atoms with Gasteiger partial charge in [-0.1, -0.05) is 6.07 Å². The Hall–Kier alpha value is -2.52. The minimum Gasteiger partial charge on any atom is -0.367 e. The maximum atomic E-state index is 14.0. The Morgan fingerprint density at radius 1 is 0.917 bits per heavy atom. The largest absolute Gasteiger partial charge is 0.367 e. The summed E-state index contributed by atoms with van der Waals surface area (Å²) in [5, 5.41) is 8.76. The van der Waals surface area contributed by atoms with Crippen molar-refractivity contribution in [2.75, 3.05) is 31.1 Å². The highest BCUT2D eigenvalue weighted by atomic mass is 19.1. The van der Waals surface area contributed by atoms with E-state index in [1.165, 1.54) is 18.2 Å². The summed E-state index contributed by atoms with van der Waals surface area (Å²) >= 11 is 0. The first-order valence-electron chi connectivity index (χ1n) is 7.67. The minimum atomic E-state index is -0.592. The lowest BCUT2D eigenvalue weighted by atomic mass is 10.1. The molecule has 1 aliphatic heterocycles. The standard InChI is InChI=1S/C18H16F3N3/c19-15-3-4-18(17(21)10-15)24-7-5-23(6-8-24)12-14-2-1-13(11-22)9-16(14)20/h1-4,9-10H,5-8,12H2. The first kappa shape index (κ1) is 16.3. The first-order chi connectivity index (χ1) is 11.6. The fraction of sp³-hybridized carbons (Fsp3) is 0.278. The molecule has 0 unspecified atom stereocenters. The second kappa shape index (κ2) is 6.93. The van der Waals surface area contributed by atoms with Crippen LogP contribution in [0.1, 0.15) is 11.1 Å². The van der Waals surface area contributed by atoms with E-state index < -0.39 is 11.6 Å². The number of hydrogen-bond acceptors (Lipinski definition) is 3. The van der Waals surface area contributed by atoms with Crippen LogP contribution in [0.5, 0.6) is 0 Å². The molecule has 0 atom stereocenters. The fourth-order valence-electron chi connectivity index (χ4n) is 2.87. The predicted octanol–water partition coefficient (Wildman–Crippen LogP) is 3.30. The van der Waals surface area contributed by atoms with Crippen LogP contribution in [-0.4, -0.2) is 31.1 Å². The molecule has 0 spiro atoms. The second-order valence-corrected chi connectivity index (χ2v) is 5.78. The molecule has 0 aliphatic carbocycles. The smallest absolute Gasteiger partial charge is 0.149 e. The Morgan fingerprint density at radius 3 is 2.29 bits per heavy atom. The Morgan fingerprint density at radius 2 is 1.67 bits per heavy atom. The normalized spacial score (nSPS) is 15.3. The zero-order valence-electron chi connectivity index (χ0n) is 13.0. The lowest BCUT2D eigenvalue weighted by Gasteiger charge is -2.36. The molecular weight excluding hydrogens is 315 g/mol. The number of hydrogen-bond donors (Lipinski definition) is 0. The van der Waals surface area contributed by atoms with Crippen LogP contribution in [0, 0.1) is 28.8 Å². The molecule has 24 heavy (non-hydrogen) atoms. The average molecular weight is 331 g/mol. The lowest BCUT2D eigenvalue weighted by Crippen LogP contribution is -2.46. The van der Waals surface area contributed by atoms with Crippen LogP contribution in [0.3, 0.4) is 0 Å². The third kappa shape index (κ3) is 3.52. The van der Waals surface area contributed by atoms with E-state index in [0.717, 1.165) is 6.07 Å². The zero-order chi connectivity index (χ0) is 17.1. The van der Waals surface area contributed by atoms with Crippen molar-refractivity contribution in [2.45, 2.75) is 6.54 Å². The van der Waals surface area contributed by atoms with Gasteiger partial charge in [-0.3, -0.25) is 4.90 Å². The maximum absolute atomic E-state index is 14.0. The molecule has 2 aromatic rings. The molecule has 3 rings (SSSR count). The molecular formula is C18H16F3N3. The van der Waals surface area contributed by atoms with Crippen LogP contribution in [0.2, 0.25) is 0 Å². The SMILES string of the molecule is N#Cc1ccc(CN2CCN(c3ccc(F)cc3F)CC2)c(F)c1. The molecule has 1 aliphatic rings. The molecule has 2 aromatic carbocycles. The van der Waals surface area contributed by atoms with Crippen molar-refractivity contribution < 1.29 is 13.2 Å². The molecule has 0 amide bonds. The summed E-state index contributed by atoms with van der Waals surface area (Å²) in [6.07, 6.45) is 0. The number of rotatable bonds is 3. The van der Waals surface area contributed by atoms with Gasteiger partial charge in [0.05, 0.1) is 17.3 Å². The van der Waals surface area contributed by atoms with Gasteiger partial charge in [0.15, 0.2) is 0 Å². The van der Waals surface area contributed by atoms with E-state index in [1.807, 2.05) is 11.0 Å². The van der Waals surface area contributed by atoms with Crippen LogP contribution >= 0.6 is 0 Å². The van der Waals surface area contributed by atoms with Crippen LogP contribution < -0.4 is 4.90 Å². The summed E-state index contributed by atoms with van der Waals surface area (Å²) < 4.78 is 40.8. The highest BCUT2D eigenvalue weighted by Gasteiger charge is 2.20. The molecule has 0 radical (unpaired) electrons. The van der Waals surface area contributed by atoms with Crippen molar-refractivity contribution in [1.82, 2.24) is 4.90 Å². The molecule has 3 nitrogen and oxygen atoms in total. The molecule has 0 bridgehead atoms.